The van der Waals surface area contributed by atoms with Crippen molar-refractivity contribution in [1.82, 2.24) is 15.5 Å². The summed E-state index contributed by atoms with van der Waals surface area (Å²) in [5, 5.41) is 6.45. The smallest absolute Gasteiger partial charge is 0.242 e. The Bertz CT molecular complexity index is 207. The van der Waals surface area contributed by atoms with Crippen molar-refractivity contribution < 1.29 is 4.79 Å². The van der Waals surface area contributed by atoms with E-state index in [2.05, 4.69) is 10.6 Å². The summed E-state index contributed by atoms with van der Waals surface area (Å²) in [6.45, 7) is 6.56. The molecule has 2 heterocycles. The Morgan fingerprint density at radius 1 is 1.31 bits per heavy atom. The first kappa shape index (κ1) is 8.97. The summed E-state index contributed by atoms with van der Waals surface area (Å²) in [4.78, 5) is 13.9. The normalized spacial score (nSPS) is 34.1. The van der Waals surface area contributed by atoms with E-state index in [1.54, 1.807) is 0 Å². The lowest BCUT2D eigenvalue weighted by atomic mass is 9.88. The maximum absolute atomic E-state index is 11.9. The molecule has 0 aliphatic carbocycles. The summed E-state index contributed by atoms with van der Waals surface area (Å²) >= 11 is 0. The van der Waals surface area contributed by atoms with E-state index in [-0.39, 0.29) is 11.4 Å². The van der Waals surface area contributed by atoms with Gasteiger partial charge in [-0.2, -0.15) is 0 Å². The van der Waals surface area contributed by atoms with Crippen molar-refractivity contribution in [2.24, 2.45) is 0 Å². The van der Waals surface area contributed by atoms with E-state index in [1.807, 2.05) is 11.8 Å². The van der Waals surface area contributed by atoms with Crippen LogP contribution in [0.4, 0.5) is 0 Å². The zero-order valence-corrected chi connectivity index (χ0v) is 8.10. The van der Waals surface area contributed by atoms with Crippen LogP contribution >= 0.6 is 0 Å². The Morgan fingerprint density at radius 3 is 2.38 bits per heavy atom. The van der Waals surface area contributed by atoms with Crippen LogP contribution in [-0.4, -0.2) is 49.1 Å². The monoisotopic (exact) mass is 183 g/mol. The van der Waals surface area contributed by atoms with Crippen molar-refractivity contribution in [2.75, 3.05) is 32.7 Å². The molecular weight excluding hydrogens is 166 g/mol. The predicted octanol–water partition coefficient (Wildman–Crippen LogP) is -0.830. The highest BCUT2D eigenvalue weighted by Crippen LogP contribution is 2.20. The van der Waals surface area contributed by atoms with Gasteiger partial charge >= 0.3 is 0 Å². The molecule has 2 aliphatic rings. The number of piperazine rings is 1. The van der Waals surface area contributed by atoms with E-state index in [9.17, 15) is 4.79 Å². The molecule has 13 heavy (non-hydrogen) atoms. The fourth-order valence-corrected chi connectivity index (χ4v) is 1.90. The van der Waals surface area contributed by atoms with Crippen LogP contribution in [0.3, 0.4) is 0 Å². The highest BCUT2D eigenvalue weighted by molar-refractivity contribution is 5.87. The molecule has 2 N–H and O–H groups in total. The zero-order valence-electron chi connectivity index (χ0n) is 8.10. The van der Waals surface area contributed by atoms with E-state index < -0.39 is 0 Å². The number of hydrogen-bond donors (Lipinski definition) is 2. The van der Waals surface area contributed by atoms with Crippen molar-refractivity contribution in [3.63, 3.8) is 0 Å². The second-order valence-electron chi connectivity index (χ2n) is 4.05. The standard InChI is InChI=1S/C9H17N3O/c1-9(2-3-11-9)8(13)12-6-4-10-5-7-12/h10-11H,2-7H2,1H3/t9-/m0/s1. The number of rotatable bonds is 1. The predicted molar refractivity (Wildman–Crippen MR) is 50.5 cm³/mol. The maximum Gasteiger partial charge on any atom is 0.242 e. The van der Waals surface area contributed by atoms with Crippen LogP contribution in [0.15, 0.2) is 0 Å². The maximum atomic E-state index is 11.9. The zero-order chi connectivity index (χ0) is 9.31. The molecule has 1 amide bonds. The summed E-state index contributed by atoms with van der Waals surface area (Å²) in [5.41, 5.74) is -0.253. The molecule has 0 spiro atoms. The molecule has 0 aromatic carbocycles. The molecule has 0 unspecified atom stereocenters. The van der Waals surface area contributed by atoms with Gasteiger partial charge in [-0.25, -0.2) is 0 Å². The second-order valence-corrected chi connectivity index (χ2v) is 4.05. The average Bonchev–Trinajstić information content (AvgIpc) is 2.14. The molecule has 0 bridgehead atoms. The number of hydrogen-bond acceptors (Lipinski definition) is 3. The molecule has 74 valence electrons. The summed E-state index contributed by atoms with van der Waals surface area (Å²) in [6.07, 6.45) is 0.982. The molecule has 2 saturated heterocycles. The topological polar surface area (TPSA) is 44.4 Å². The van der Waals surface area contributed by atoms with Crippen molar-refractivity contribution in [3.05, 3.63) is 0 Å². The van der Waals surface area contributed by atoms with E-state index in [1.165, 1.54) is 0 Å². The fourth-order valence-electron chi connectivity index (χ4n) is 1.90. The summed E-state index contributed by atoms with van der Waals surface area (Å²) in [6, 6.07) is 0. The first-order valence-corrected chi connectivity index (χ1v) is 4.97. The van der Waals surface area contributed by atoms with Crippen LogP contribution in [-0.2, 0) is 4.79 Å². The van der Waals surface area contributed by atoms with E-state index in [4.69, 9.17) is 0 Å². The van der Waals surface area contributed by atoms with Gasteiger partial charge in [0.2, 0.25) is 5.91 Å². The first-order valence-electron chi connectivity index (χ1n) is 4.97. The lowest BCUT2D eigenvalue weighted by Gasteiger charge is -2.43. The Kier molecular flexibility index (Phi) is 2.26. The van der Waals surface area contributed by atoms with Crippen LogP contribution in [0.25, 0.3) is 0 Å². The van der Waals surface area contributed by atoms with Gasteiger partial charge in [-0.3, -0.25) is 4.79 Å². The minimum atomic E-state index is -0.253. The Labute approximate surface area is 78.7 Å². The summed E-state index contributed by atoms with van der Waals surface area (Å²) in [5.74, 6) is 0.278. The molecule has 2 rings (SSSR count). The van der Waals surface area contributed by atoms with Gasteiger partial charge in [0.15, 0.2) is 0 Å². The number of nitrogens with zero attached hydrogens (tertiary/aromatic N) is 1. The van der Waals surface area contributed by atoms with E-state index >= 15 is 0 Å². The lowest BCUT2D eigenvalue weighted by Crippen LogP contribution is -2.66. The van der Waals surface area contributed by atoms with Crippen LogP contribution in [0.5, 0.6) is 0 Å². The quantitative estimate of drug-likeness (QED) is 0.558. The van der Waals surface area contributed by atoms with Crippen LogP contribution in [0.1, 0.15) is 13.3 Å². The second kappa shape index (κ2) is 3.27. The Hall–Kier alpha value is -0.610. The van der Waals surface area contributed by atoms with Gasteiger partial charge < -0.3 is 15.5 Å². The minimum absolute atomic E-state index is 0.253. The summed E-state index contributed by atoms with van der Waals surface area (Å²) in [7, 11) is 0. The first-order chi connectivity index (χ1) is 6.22. The number of carbonyl (C=O) groups excluding carboxylic acids is 1. The van der Waals surface area contributed by atoms with Crippen LogP contribution in [0.2, 0.25) is 0 Å². The molecule has 4 nitrogen and oxygen atoms in total. The van der Waals surface area contributed by atoms with Crippen molar-refractivity contribution in [2.45, 2.75) is 18.9 Å². The molecular formula is C9H17N3O. The molecule has 0 saturated carbocycles. The van der Waals surface area contributed by atoms with Gasteiger partial charge in [-0.15, -0.1) is 0 Å². The number of carbonyl (C=O) groups is 1. The largest absolute Gasteiger partial charge is 0.339 e. The van der Waals surface area contributed by atoms with Crippen molar-refractivity contribution >= 4 is 5.91 Å². The van der Waals surface area contributed by atoms with Crippen molar-refractivity contribution in [1.29, 1.82) is 0 Å². The molecule has 0 aromatic rings. The SMILES string of the molecule is C[C@@]1(C(=O)N2CCNCC2)CCN1. The van der Waals surface area contributed by atoms with Gasteiger partial charge in [0.1, 0.15) is 0 Å². The van der Waals surface area contributed by atoms with Crippen LogP contribution in [0, 0.1) is 0 Å². The van der Waals surface area contributed by atoms with E-state index in [0.29, 0.717) is 0 Å². The highest BCUT2D eigenvalue weighted by atomic mass is 16.2. The molecule has 4 heteroatoms. The summed E-state index contributed by atoms with van der Waals surface area (Å²) < 4.78 is 0. The Balaban J connectivity index is 1.95. The van der Waals surface area contributed by atoms with Crippen molar-refractivity contribution in [3.8, 4) is 0 Å². The molecule has 1 atom stereocenters. The third kappa shape index (κ3) is 1.56. The lowest BCUT2D eigenvalue weighted by molar-refractivity contribution is -0.141. The average molecular weight is 183 g/mol. The highest BCUT2D eigenvalue weighted by Gasteiger charge is 2.41. The van der Waals surface area contributed by atoms with Gasteiger partial charge in [-0.1, -0.05) is 0 Å². The third-order valence-electron chi connectivity index (χ3n) is 3.02. The van der Waals surface area contributed by atoms with Gasteiger partial charge in [0, 0.05) is 26.2 Å². The van der Waals surface area contributed by atoms with E-state index in [0.717, 1.165) is 39.1 Å². The number of amides is 1. The molecule has 2 fully saturated rings. The van der Waals surface area contributed by atoms with Gasteiger partial charge in [-0.05, 0) is 19.9 Å². The van der Waals surface area contributed by atoms with Gasteiger partial charge in [0.25, 0.3) is 0 Å². The molecule has 0 aromatic heterocycles. The molecule has 0 radical (unpaired) electrons. The third-order valence-corrected chi connectivity index (χ3v) is 3.02. The minimum Gasteiger partial charge on any atom is -0.339 e. The molecule has 2 aliphatic heterocycles. The fraction of sp³-hybridized carbons (Fsp3) is 0.889. The Morgan fingerprint density at radius 2 is 1.92 bits per heavy atom. The number of nitrogens with one attached hydrogen (secondary N) is 2. The van der Waals surface area contributed by atoms with Gasteiger partial charge in [0.05, 0.1) is 5.54 Å². The van der Waals surface area contributed by atoms with Crippen LogP contribution < -0.4 is 10.6 Å².